The minimum Gasteiger partial charge on any atom is -0.508 e. The number of phenols is 1. The van der Waals surface area contributed by atoms with Crippen molar-refractivity contribution in [3.63, 3.8) is 0 Å². The van der Waals surface area contributed by atoms with E-state index in [1.54, 1.807) is 13.2 Å². The van der Waals surface area contributed by atoms with Gasteiger partial charge >= 0.3 is 0 Å². The minimum absolute atomic E-state index is 0.257. The third-order valence-electron chi connectivity index (χ3n) is 2.23. The van der Waals surface area contributed by atoms with Crippen molar-refractivity contribution >= 4 is 0 Å². The molecule has 3 N–H and O–H groups in total. The van der Waals surface area contributed by atoms with Crippen LogP contribution in [0.15, 0.2) is 12.1 Å². The second kappa shape index (κ2) is 4.44. The second-order valence-corrected chi connectivity index (χ2v) is 3.58. The molecule has 1 aromatic rings. The molecule has 0 unspecified atom stereocenters. The first-order chi connectivity index (χ1) is 6.56. The molecule has 0 aromatic heterocycles. The molecule has 0 aliphatic rings. The predicted molar refractivity (Wildman–Crippen MR) is 56.4 cm³/mol. The zero-order valence-electron chi connectivity index (χ0n) is 8.87. The number of aryl methyl sites for hydroxylation is 2. The van der Waals surface area contributed by atoms with Crippen molar-refractivity contribution in [1.29, 1.82) is 0 Å². The molecule has 0 aliphatic heterocycles. The summed E-state index contributed by atoms with van der Waals surface area (Å²) in [4.78, 5) is 0. The standard InChI is InChI=1S/C11H17NO2/c1-7-4-8(2)11(10(13)5-7)9(12)6-14-3/h4-5,9,13H,6,12H2,1-3H3/t9-/m1/s1. The first-order valence-corrected chi connectivity index (χ1v) is 4.61. The van der Waals surface area contributed by atoms with E-state index in [9.17, 15) is 5.11 Å². The summed E-state index contributed by atoms with van der Waals surface area (Å²) in [6.07, 6.45) is 0. The maximum atomic E-state index is 9.73. The van der Waals surface area contributed by atoms with Crippen LogP contribution in [0.2, 0.25) is 0 Å². The number of rotatable bonds is 3. The van der Waals surface area contributed by atoms with Gasteiger partial charge in [0.25, 0.3) is 0 Å². The van der Waals surface area contributed by atoms with Crippen LogP contribution in [-0.2, 0) is 4.74 Å². The predicted octanol–water partition coefficient (Wildman–Crippen LogP) is 1.66. The van der Waals surface area contributed by atoms with Crippen LogP contribution in [0.4, 0.5) is 0 Å². The van der Waals surface area contributed by atoms with Crippen molar-refractivity contribution in [1.82, 2.24) is 0 Å². The van der Waals surface area contributed by atoms with Gasteiger partial charge in [-0.25, -0.2) is 0 Å². The summed E-state index contributed by atoms with van der Waals surface area (Å²) in [6, 6.07) is 3.46. The van der Waals surface area contributed by atoms with E-state index in [0.717, 1.165) is 16.7 Å². The Morgan fingerprint density at radius 3 is 2.57 bits per heavy atom. The van der Waals surface area contributed by atoms with Crippen LogP contribution in [0.25, 0.3) is 0 Å². The molecule has 78 valence electrons. The number of benzene rings is 1. The smallest absolute Gasteiger partial charge is 0.120 e. The van der Waals surface area contributed by atoms with Gasteiger partial charge in [-0.2, -0.15) is 0 Å². The lowest BCUT2D eigenvalue weighted by Crippen LogP contribution is -2.17. The van der Waals surface area contributed by atoms with E-state index in [4.69, 9.17) is 10.5 Å². The number of aromatic hydroxyl groups is 1. The summed E-state index contributed by atoms with van der Waals surface area (Å²) in [5.41, 5.74) is 8.69. The Morgan fingerprint density at radius 2 is 2.07 bits per heavy atom. The Labute approximate surface area is 84.5 Å². The maximum Gasteiger partial charge on any atom is 0.120 e. The van der Waals surface area contributed by atoms with E-state index < -0.39 is 0 Å². The zero-order valence-corrected chi connectivity index (χ0v) is 8.87. The molecular weight excluding hydrogens is 178 g/mol. The van der Waals surface area contributed by atoms with Crippen molar-refractivity contribution in [2.45, 2.75) is 19.9 Å². The van der Waals surface area contributed by atoms with Crippen LogP contribution >= 0.6 is 0 Å². The van der Waals surface area contributed by atoms with Crippen LogP contribution in [0.5, 0.6) is 5.75 Å². The largest absolute Gasteiger partial charge is 0.508 e. The van der Waals surface area contributed by atoms with Gasteiger partial charge in [-0.1, -0.05) is 6.07 Å². The Morgan fingerprint density at radius 1 is 1.43 bits per heavy atom. The average molecular weight is 195 g/mol. The highest BCUT2D eigenvalue weighted by Crippen LogP contribution is 2.27. The van der Waals surface area contributed by atoms with Gasteiger partial charge in [0, 0.05) is 12.7 Å². The minimum atomic E-state index is -0.263. The van der Waals surface area contributed by atoms with Crippen LogP contribution in [0, 0.1) is 13.8 Å². The fourth-order valence-electron chi connectivity index (χ4n) is 1.70. The van der Waals surface area contributed by atoms with Gasteiger partial charge in [0.2, 0.25) is 0 Å². The van der Waals surface area contributed by atoms with Crippen LogP contribution < -0.4 is 5.73 Å². The summed E-state index contributed by atoms with van der Waals surface area (Å²) in [6.45, 7) is 4.30. The summed E-state index contributed by atoms with van der Waals surface area (Å²) < 4.78 is 4.96. The van der Waals surface area contributed by atoms with Crippen molar-refractivity contribution in [3.8, 4) is 5.75 Å². The van der Waals surface area contributed by atoms with E-state index in [0.29, 0.717) is 6.61 Å². The Balaban J connectivity index is 3.07. The molecule has 0 aliphatic carbocycles. The van der Waals surface area contributed by atoms with Gasteiger partial charge in [-0.05, 0) is 31.0 Å². The quantitative estimate of drug-likeness (QED) is 0.771. The number of ether oxygens (including phenoxy) is 1. The maximum absolute atomic E-state index is 9.73. The fourth-order valence-corrected chi connectivity index (χ4v) is 1.70. The summed E-state index contributed by atoms with van der Waals surface area (Å²) in [7, 11) is 1.60. The Bertz CT molecular complexity index is 300. The van der Waals surface area contributed by atoms with E-state index in [-0.39, 0.29) is 11.8 Å². The van der Waals surface area contributed by atoms with E-state index in [1.807, 2.05) is 19.9 Å². The average Bonchev–Trinajstić information content (AvgIpc) is 2.01. The van der Waals surface area contributed by atoms with Crippen LogP contribution in [0.3, 0.4) is 0 Å². The number of hydrogen-bond donors (Lipinski definition) is 2. The highest BCUT2D eigenvalue weighted by molar-refractivity contribution is 5.43. The van der Waals surface area contributed by atoms with Crippen molar-refractivity contribution < 1.29 is 9.84 Å². The molecule has 1 atom stereocenters. The lowest BCUT2D eigenvalue weighted by Gasteiger charge is -2.16. The third kappa shape index (κ3) is 2.25. The Kier molecular flexibility index (Phi) is 3.49. The van der Waals surface area contributed by atoms with E-state index >= 15 is 0 Å². The molecule has 0 heterocycles. The molecule has 0 spiro atoms. The third-order valence-corrected chi connectivity index (χ3v) is 2.23. The molecule has 0 bridgehead atoms. The molecule has 0 amide bonds. The van der Waals surface area contributed by atoms with Crippen molar-refractivity contribution in [2.24, 2.45) is 5.73 Å². The van der Waals surface area contributed by atoms with Gasteiger partial charge in [-0.3, -0.25) is 0 Å². The highest BCUT2D eigenvalue weighted by Gasteiger charge is 2.13. The van der Waals surface area contributed by atoms with Crippen LogP contribution in [0.1, 0.15) is 22.7 Å². The summed E-state index contributed by atoms with van der Waals surface area (Å²) in [5.74, 6) is 0.257. The Hall–Kier alpha value is -1.06. The molecular formula is C11H17NO2. The van der Waals surface area contributed by atoms with Crippen molar-refractivity contribution in [2.75, 3.05) is 13.7 Å². The number of hydrogen-bond acceptors (Lipinski definition) is 3. The molecule has 3 heteroatoms. The van der Waals surface area contributed by atoms with Crippen molar-refractivity contribution in [3.05, 3.63) is 28.8 Å². The highest BCUT2D eigenvalue weighted by atomic mass is 16.5. The molecule has 0 radical (unpaired) electrons. The zero-order chi connectivity index (χ0) is 10.7. The van der Waals surface area contributed by atoms with Gasteiger partial charge in [-0.15, -0.1) is 0 Å². The fraction of sp³-hybridized carbons (Fsp3) is 0.455. The van der Waals surface area contributed by atoms with Gasteiger partial charge in [0.15, 0.2) is 0 Å². The summed E-state index contributed by atoms with van der Waals surface area (Å²) >= 11 is 0. The lowest BCUT2D eigenvalue weighted by molar-refractivity contribution is 0.179. The molecule has 0 fully saturated rings. The number of nitrogens with two attached hydrogens (primary N) is 1. The first kappa shape index (κ1) is 11.0. The normalized spacial score (nSPS) is 12.9. The molecule has 3 nitrogen and oxygen atoms in total. The second-order valence-electron chi connectivity index (χ2n) is 3.58. The molecule has 1 rings (SSSR count). The monoisotopic (exact) mass is 195 g/mol. The molecule has 0 saturated carbocycles. The molecule has 0 saturated heterocycles. The molecule has 14 heavy (non-hydrogen) atoms. The van der Waals surface area contributed by atoms with Gasteiger partial charge < -0.3 is 15.6 Å². The number of phenolic OH excluding ortho intramolecular Hbond substituents is 1. The first-order valence-electron chi connectivity index (χ1n) is 4.61. The van der Waals surface area contributed by atoms with E-state index in [2.05, 4.69) is 0 Å². The molecule has 1 aromatic carbocycles. The SMILES string of the molecule is COC[C@@H](N)c1c(C)cc(C)cc1O. The van der Waals surface area contributed by atoms with Gasteiger partial charge in [0.1, 0.15) is 5.75 Å². The van der Waals surface area contributed by atoms with E-state index in [1.165, 1.54) is 0 Å². The topological polar surface area (TPSA) is 55.5 Å². The summed E-state index contributed by atoms with van der Waals surface area (Å²) in [5, 5.41) is 9.73. The van der Waals surface area contributed by atoms with Crippen LogP contribution in [-0.4, -0.2) is 18.8 Å². The number of methoxy groups -OCH3 is 1. The lowest BCUT2D eigenvalue weighted by atomic mass is 9.99. The van der Waals surface area contributed by atoms with Gasteiger partial charge in [0.05, 0.1) is 12.6 Å².